The Morgan fingerprint density at radius 3 is 2.67 bits per heavy atom. The second-order valence-corrected chi connectivity index (χ2v) is 8.06. The van der Waals surface area contributed by atoms with Gasteiger partial charge in [-0.3, -0.25) is 19.5 Å². The number of tetrazole rings is 1. The molecule has 0 spiro atoms. The summed E-state index contributed by atoms with van der Waals surface area (Å²) in [6, 6.07) is 16.0. The number of aromatic amines is 1. The Labute approximate surface area is 189 Å². The molecule has 4 aromatic rings. The first-order valence-electron chi connectivity index (χ1n) is 11.0. The quantitative estimate of drug-likeness (QED) is 0.455. The number of nitrogens with one attached hydrogen (secondary N) is 2. The van der Waals surface area contributed by atoms with Crippen molar-refractivity contribution in [2.45, 2.75) is 39.2 Å². The Hall–Kier alpha value is -4.14. The van der Waals surface area contributed by atoms with Crippen LogP contribution in [0.5, 0.6) is 0 Å². The minimum Gasteiger partial charge on any atom is -0.294 e. The Kier molecular flexibility index (Phi) is 5.52. The van der Waals surface area contributed by atoms with Gasteiger partial charge in [-0.05, 0) is 40.8 Å². The fraction of sp³-hybridized carbons (Fsp3) is 0.250. The number of hydrogen-bond donors (Lipinski definition) is 2. The van der Waals surface area contributed by atoms with E-state index in [1.165, 1.54) is 4.57 Å². The lowest BCUT2D eigenvalue weighted by Gasteiger charge is -2.13. The highest BCUT2D eigenvalue weighted by atomic mass is 16.2. The number of carbonyl (C=O) groups is 1. The summed E-state index contributed by atoms with van der Waals surface area (Å²) in [5.74, 6) is 0.608. The molecule has 0 saturated heterocycles. The second-order valence-electron chi connectivity index (χ2n) is 8.06. The molecule has 0 fully saturated rings. The van der Waals surface area contributed by atoms with Crippen LogP contribution in [0.1, 0.15) is 36.6 Å². The molecule has 0 aliphatic carbocycles. The van der Waals surface area contributed by atoms with Crippen LogP contribution < -0.4 is 10.9 Å². The lowest BCUT2D eigenvalue weighted by molar-refractivity contribution is -0.115. The van der Waals surface area contributed by atoms with E-state index in [1.54, 1.807) is 0 Å². The fourth-order valence-corrected chi connectivity index (χ4v) is 4.15. The van der Waals surface area contributed by atoms with Crippen molar-refractivity contribution >= 4 is 11.9 Å². The highest BCUT2D eigenvalue weighted by Gasteiger charge is 2.24. The number of nitrogens with zero attached hydrogens (tertiary/aromatic N) is 5. The van der Waals surface area contributed by atoms with Crippen LogP contribution >= 0.6 is 0 Å². The van der Waals surface area contributed by atoms with Crippen LogP contribution in [-0.2, 0) is 24.2 Å². The molecule has 166 valence electrons. The van der Waals surface area contributed by atoms with Crippen molar-refractivity contribution in [1.29, 1.82) is 0 Å². The number of aryl methyl sites for hydroxylation is 1. The van der Waals surface area contributed by atoms with Crippen LogP contribution in [0.2, 0.25) is 0 Å². The van der Waals surface area contributed by atoms with E-state index in [1.807, 2.05) is 48.5 Å². The summed E-state index contributed by atoms with van der Waals surface area (Å²) in [5.41, 5.74) is 4.97. The topological polar surface area (TPSA) is 118 Å². The number of amides is 1. The highest BCUT2D eigenvalue weighted by molar-refractivity contribution is 5.92. The molecule has 3 heterocycles. The molecular weight excluding hydrogens is 418 g/mol. The van der Waals surface area contributed by atoms with Gasteiger partial charge < -0.3 is 0 Å². The number of fused-ring (bicyclic) bond motifs is 1. The number of H-pyrrole nitrogens is 1. The smallest absolute Gasteiger partial charge is 0.259 e. The van der Waals surface area contributed by atoms with Crippen molar-refractivity contribution in [2.24, 2.45) is 0 Å². The maximum Gasteiger partial charge on any atom is 0.259 e. The summed E-state index contributed by atoms with van der Waals surface area (Å²) < 4.78 is 1.42. The zero-order valence-corrected chi connectivity index (χ0v) is 18.2. The van der Waals surface area contributed by atoms with Gasteiger partial charge in [0.05, 0.1) is 5.69 Å². The fourth-order valence-electron chi connectivity index (χ4n) is 4.15. The third-order valence-corrected chi connectivity index (χ3v) is 5.80. The first-order valence-corrected chi connectivity index (χ1v) is 11.0. The van der Waals surface area contributed by atoms with Gasteiger partial charge in [0.2, 0.25) is 17.7 Å². The molecule has 1 aliphatic heterocycles. The monoisotopic (exact) mass is 441 g/mol. The normalized spacial score (nSPS) is 12.6. The number of anilines is 1. The summed E-state index contributed by atoms with van der Waals surface area (Å²) in [6.45, 7) is 2.10. The lowest BCUT2D eigenvalue weighted by atomic mass is 9.94. The van der Waals surface area contributed by atoms with Crippen molar-refractivity contribution in [3.8, 4) is 22.5 Å². The molecule has 33 heavy (non-hydrogen) atoms. The Bertz CT molecular complexity index is 1360. The van der Waals surface area contributed by atoms with Crippen LogP contribution in [-0.4, -0.2) is 36.1 Å². The van der Waals surface area contributed by atoms with Crippen LogP contribution in [0.3, 0.4) is 0 Å². The van der Waals surface area contributed by atoms with Gasteiger partial charge in [0, 0.05) is 17.5 Å². The maximum atomic E-state index is 13.3. The number of aromatic nitrogens is 6. The molecule has 0 saturated carbocycles. The first-order chi connectivity index (χ1) is 16.1. The average molecular weight is 441 g/mol. The van der Waals surface area contributed by atoms with E-state index in [0.29, 0.717) is 30.2 Å². The molecule has 2 aromatic carbocycles. The van der Waals surface area contributed by atoms with Crippen molar-refractivity contribution in [3.63, 3.8) is 0 Å². The van der Waals surface area contributed by atoms with Gasteiger partial charge in [0.1, 0.15) is 6.54 Å². The average Bonchev–Trinajstić information content (AvgIpc) is 3.50. The summed E-state index contributed by atoms with van der Waals surface area (Å²) in [5, 5.41) is 17.3. The number of hydrogen-bond acceptors (Lipinski definition) is 6. The summed E-state index contributed by atoms with van der Waals surface area (Å²) in [7, 11) is 0. The molecule has 0 atom stereocenters. The maximum absolute atomic E-state index is 13.3. The van der Waals surface area contributed by atoms with Gasteiger partial charge in [-0.1, -0.05) is 55.8 Å². The van der Waals surface area contributed by atoms with E-state index >= 15 is 0 Å². The third-order valence-electron chi connectivity index (χ3n) is 5.80. The van der Waals surface area contributed by atoms with E-state index in [0.717, 1.165) is 40.8 Å². The highest BCUT2D eigenvalue weighted by Crippen LogP contribution is 2.31. The summed E-state index contributed by atoms with van der Waals surface area (Å²) in [4.78, 5) is 29.8. The number of benzene rings is 2. The van der Waals surface area contributed by atoms with Crippen LogP contribution in [0.25, 0.3) is 22.5 Å². The minimum absolute atomic E-state index is 0.00325. The van der Waals surface area contributed by atoms with Crippen LogP contribution in [0, 0.1) is 0 Å². The Balaban J connectivity index is 1.59. The van der Waals surface area contributed by atoms with Gasteiger partial charge in [-0.25, -0.2) is 4.98 Å². The molecule has 5 rings (SSSR count). The molecule has 0 bridgehead atoms. The predicted molar refractivity (Wildman–Crippen MR) is 124 cm³/mol. The lowest BCUT2D eigenvalue weighted by Crippen LogP contribution is -2.26. The molecule has 1 aliphatic rings. The molecule has 0 unspecified atom stereocenters. The molecule has 1 amide bonds. The van der Waals surface area contributed by atoms with E-state index in [9.17, 15) is 9.59 Å². The summed E-state index contributed by atoms with van der Waals surface area (Å²) >= 11 is 0. The van der Waals surface area contributed by atoms with Gasteiger partial charge in [-0.15, -0.1) is 10.2 Å². The molecule has 2 aromatic heterocycles. The zero-order valence-electron chi connectivity index (χ0n) is 18.2. The molecule has 0 radical (unpaired) electrons. The van der Waals surface area contributed by atoms with E-state index in [2.05, 4.69) is 37.8 Å². The van der Waals surface area contributed by atoms with Crippen molar-refractivity contribution in [2.75, 3.05) is 5.32 Å². The van der Waals surface area contributed by atoms with E-state index in [4.69, 9.17) is 0 Å². The van der Waals surface area contributed by atoms with Crippen molar-refractivity contribution < 1.29 is 4.79 Å². The number of rotatable bonds is 7. The minimum atomic E-state index is -0.218. The van der Waals surface area contributed by atoms with Crippen molar-refractivity contribution in [1.82, 2.24) is 30.2 Å². The van der Waals surface area contributed by atoms with Crippen molar-refractivity contribution in [3.05, 3.63) is 75.7 Å². The van der Waals surface area contributed by atoms with Gasteiger partial charge in [0.15, 0.2) is 0 Å². The SMILES string of the molecule is CCCCc1nc2n(c(=O)c1Cc1ccc(-c3ccccc3)c(-c3nn[nH]n3)c1)CC(=O)N2. The Morgan fingerprint density at radius 1 is 1.06 bits per heavy atom. The largest absolute Gasteiger partial charge is 0.294 e. The predicted octanol–water partition coefficient (Wildman–Crippen LogP) is 2.98. The first kappa shape index (κ1) is 20.7. The number of carbonyl (C=O) groups excluding carboxylic acids is 1. The summed E-state index contributed by atoms with van der Waals surface area (Å²) in [6.07, 6.45) is 2.99. The standard InChI is InChI=1S/C24H23N7O2/c1-2-3-9-20-19(23(33)31-14-21(32)26-24(31)25-20)13-15-10-11-17(16-7-5-4-6-8-16)18(12-15)22-27-29-30-28-22/h4-8,10-12H,2-3,9,13-14H2,1H3,(H,25,26,32)(H,27,28,29,30). The van der Waals surface area contributed by atoms with E-state index in [-0.39, 0.29) is 18.0 Å². The molecule has 2 N–H and O–H groups in total. The molecule has 9 nitrogen and oxygen atoms in total. The molecule has 9 heteroatoms. The van der Waals surface area contributed by atoms with Gasteiger partial charge in [0.25, 0.3) is 5.56 Å². The second kappa shape index (κ2) is 8.78. The van der Waals surface area contributed by atoms with Crippen LogP contribution in [0.15, 0.2) is 53.3 Å². The Morgan fingerprint density at radius 2 is 1.91 bits per heavy atom. The van der Waals surface area contributed by atoms with Crippen LogP contribution in [0.4, 0.5) is 5.95 Å². The third kappa shape index (κ3) is 4.05. The molecular formula is C24H23N7O2. The van der Waals surface area contributed by atoms with E-state index < -0.39 is 0 Å². The van der Waals surface area contributed by atoms with Gasteiger partial charge >= 0.3 is 0 Å². The number of unbranched alkanes of at least 4 members (excludes halogenated alkanes) is 1. The zero-order chi connectivity index (χ0) is 22.8. The van der Waals surface area contributed by atoms with Gasteiger partial charge in [-0.2, -0.15) is 5.21 Å².